The number of nitrogens with one attached hydrogen (secondary N) is 1. The number of aliphatic hydroxyl groups is 1. The molecule has 1 fully saturated rings. The van der Waals surface area contributed by atoms with Crippen LogP contribution in [0.25, 0.3) is 0 Å². The van der Waals surface area contributed by atoms with Gasteiger partial charge in [0.15, 0.2) is 0 Å². The van der Waals surface area contributed by atoms with Crippen molar-refractivity contribution in [3.8, 4) is 0 Å². The molecule has 0 bridgehead atoms. The summed E-state index contributed by atoms with van der Waals surface area (Å²) in [5.74, 6) is -1.07. The van der Waals surface area contributed by atoms with Crippen LogP contribution in [-0.4, -0.2) is 52.3 Å². The Balaban J connectivity index is 2.58. The number of rotatable bonds is 4. The number of hydrogen-bond acceptors (Lipinski definition) is 3. The van der Waals surface area contributed by atoms with Gasteiger partial charge in [-0.2, -0.15) is 0 Å². The van der Waals surface area contributed by atoms with E-state index in [9.17, 15) is 14.7 Å². The van der Waals surface area contributed by atoms with Crippen molar-refractivity contribution in [2.45, 2.75) is 45.8 Å². The summed E-state index contributed by atoms with van der Waals surface area (Å²) in [5.41, 5.74) is -0.0211. The van der Waals surface area contributed by atoms with E-state index in [1.54, 1.807) is 0 Å². The number of aliphatic hydroxyl groups excluding tert-OH is 1. The van der Waals surface area contributed by atoms with Gasteiger partial charge in [-0.25, -0.2) is 9.59 Å². The topological polar surface area (TPSA) is 89.9 Å². The first kappa shape index (κ1) is 14.8. The van der Waals surface area contributed by atoms with Crippen LogP contribution in [0.3, 0.4) is 0 Å². The van der Waals surface area contributed by atoms with Crippen molar-refractivity contribution in [3.05, 3.63) is 0 Å². The van der Waals surface area contributed by atoms with Crippen LogP contribution in [0.15, 0.2) is 0 Å². The van der Waals surface area contributed by atoms with Crippen molar-refractivity contribution in [2.75, 3.05) is 13.1 Å². The van der Waals surface area contributed by atoms with E-state index in [-0.39, 0.29) is 18.4 Å². The Morgan fingerprint density at radius 3 is 2.56 bits per heavy atom. The number of carboxylic acids is 1. The molecule has 0 aromatic carbocycles. The fourth-order valence-corrected chi connectivity index (χ4v) is 1.81. The van der Waals surface area contributed by atoms with Gasteiger partial charge in [-0.3, -0.25) is 0 Å². The summed E-state index contributed by atoms with van der Waals surface area (Å²) in [7, 11) is 0. The molecular weight excluding hydrogens is 236 g/mol. The number of amides is 2. The zero-order valence-electron chi connectivity index (χ0n) is 11.1. The zero-order valence-corrected chi connectivity index (χ0v) is 11.1. The third kappa shape index (κ3) is 3.60. The molecule has 0 unspecified atom stereocenters. The van der Waals surface area contributed by atoms with E-state index in [1.165, 1.54) is 4.90 Å². The highest BCUT2D eigenvalue weighted by atomic mass is 16.4. The normalized spacial score (nSPS) is 24.1. The lowest BCUT2D eigenvalue weighted by atomic mass is 9.90. The maximum atomic E-state index is 11.9. The van der Waals surface area contributed by atoms with Gasteiger partial charge < -0.3 is 20.4 Å². The van der Waals surface area contributed by atoms with Crippen LogP contribution in [0, 0.1) is 5.41 Å². The maximum absolute atomic E-state index is 11.9. The number of carboxylic acid groups (broad SMARTS) is 1. The number of carbonyl (C=O) groups is 2. The Kier molecular flexibility index (Phi) is 4.56. The van der Waals surface area contributed by atoms with Gasteiger partial charge in [0.1, 0.15) is 6.04 Å². The van der Waals surface area contributed by atoms with E-state index in [0.717, 1.165) is 6.42 Å². The molecule has 0 spiro atoms. The van der Waals surface area contributed by atoms with Crippen LogP contribution in [0.4, 0.5) is 4.79 Å². The molecule has 0 saturated carbocycles. The lowest BCUT2D eigenvalue weighted by Gasteiger charge is -2.26. The van der Waals surface area contributed by atoms with E-state index >= 15 is 0 Å². The number of β-amino-alcohol motifs (C(OH)–C–C–N with tert-alkyl or cyclic N) is 1. The fourth-order valence-electron chi connectivity index (χ4n) is 1.81. The van der Waals surface area contributed by atoms with Gasteiger partial charge in [0.25, 0.3) is 0 Å². The second kappa shape index (κ2) is 5.56. The van der Waals surface area contributed by atoms with Crippen LogP contribution in [0.1, 0.15) is 33.6 Å². The van der Waals surface area contributed by atoms with Crippen LogP contribution >= 0.6 is 0 Å². The first-order valence-corrected chi connectivity index (χ1v) is 6.22. The third-order valence-corrected chi connectivity index (χ3v) is 3.50. The van der Waals surface area contributed by atoms with Crippen molar-refractivity contribution < 1.29 is 19.8 Å². The van der Waals surface area contributed by atoms with Crippen LogP contribution in [0.2, 0.25) is 0 Å². The van der Waals surface area contributed by atoms with E-state index in [4.69, 9.17) is 5.11 Å². The Morgan fingerprint density at radius 1 is 1.44 bits per heavy atom. The van der Waals surface area contributed by atoms with E-state index in [2.05, 4.69) is 5.32 Å². The fraction of sp³-hybridized carbons (Fsp3) is 0.833. The number of likely N-dealkylation sites (tertiary alicyclic amines) is 1. The van der Waals surface area contributed by atoms with Crippen molar-refractivity contribution in [1.29, 1.82) is 0 Å². The Bertz CT molecular complexity index is 330. The molecule has 2 amide bonds. The maximum Gasteiger partial charge on any atom is 0.326 e. The SMILES string of the molecule is CCC(C)(C)CNC(=O)N1C[C@H](O)C[C@@H]1C(=O)O. The number of urea groups is 1. The van der Waals surface area contributed by atoms with Crippen molar-refractivity contribution in [2.24, 2.45) is 5.41 Å². The third-order valence-electron chi connectivity index (χ3n) is 3.50. The molecule has 1 aliphatic rings. The van der Waals surface area contributed by atoms with E-state index < -0.39 is 24.1 Å². The molecule has 0 aromatic heterocycles. The monoisotopic (exact) mass is 258 g/mol. The smallest absolute Gasteiger partial charge is 0.326 e. The number of aliphatic carboxylic acids is 1. The molecule has 3 N–H and O–H groups in total. The minimum absolute atomic E-state index is 0.0211. The first-order chi connectivity index (χ1) is 8.26. The molecule has 1 rings (SSSR count). The molecule has 0 aromatic rings. The minimum Gasteiger partial charge on any atom is -0.480 e. The average molecular weight is 258 g/mol. The summed E-state index contributed by atoms with van der Waals surface area (Å²) >= 11 is 0. The summed E-state index contributed by atoms with van der Waals surface area (Å²) in [6, 6.07) is -1.34. The lowest BCUT2D eigenvalue weighted by Crippen LogP contribution is -2.48. The summed E-state index contributed by atoms with van der Waals surface area (Å²) in [6.07, 6.45) is 0.258. The molecular formula is C12H22N2O4. The summed E-state index contributed by atoms with van der Waals surface area (Å²) in [4.78, 5) is 24.1. The van der Waals surface area contributed by atoms with Gasteiger partial charge in [-0.1, -0.05) is 20.8 Å². The molecule has 0 aliphatic carbocycles. The minimum atomic E-state index is -1.07. The molecule has 1 saturated heterocycles. The van der Waals surface area contributed by atoms with Crippen LogP contribution in [0.5, 0.6) is 0 Å². The predicted octanol–water partition coefficient (Wildman–Crippen LogP) is 0.652. The Hall–Kier alpha value is -1.30. The first-order valence-electron chi connectivity index (χ1n) is 6.22. The molecule has 1 heterocycles. The molecule has 1 aliphatic heterocycles. The largest absolute Gasteiger partial charge is 0.480 e. The zero-order chi connectivity index (χ0) is 13.9. The van der Waals surface area contributed by atoms with Gasteiger partial charge >= 0.3 is 12.0 Å². The van der Waals surface area contributed by atoms with Gasteiger partial charge in [-0.05, 0) is 11.8 Å². The van der Waals surface area contributed by atoms with Crippen molar-refractivity contribution in [3.63, 3.8) is 0 Å². The molecule has 18 heavy (non-hydrogen) atoms. The standard InChI is InChI=1S/C12H22N2O4/c1-4-12(2,3)7-13-11(18)14-6-8(15)5-9(14)10(16)17/h8-9,15H,4-7H2,1-3H3,(H,13,18)(H,16,17)/t8-,9-/m1/s1. The highest BCUT2D eigenvalue weighted by Gasteiger charge is 2.39. The van der Waals surface area contributed by atoms with Crippen molar-refractivity contribution in [1.82, 2.24) is 10.2 Å². The summed E-state index contributed by atoms with van der Waals surface area (Å²) < 4.78 is 0. The summed E-state index contributed by atoms with van der Waals surface area (Å²) in [6.45, 7) is 6.66. The second-order valence-electron chi connectivity index (χ2n) is 5.57. The highest BCUT2D eigenvalue weighted by Crippen LogP contribution is 2.20. The van der Waals surface area contributed by atoms with Gasteiger partial charge in [0.05, 0.1) is 6.10 Å². The number of carbonyl (C=O) groups excluding carboxylic acids is 1. The molecule has 6 heteroatoms. The Labute approximate surface area is 107 Å². The predicted molar refractivity (Wildman–Crippen MR) is 66.2 cm³/mol. The summed E-state index contributed by atoms with van der Waals surface area (Å²) in [5, 5.41) is 21.2. The molecule has 104 valence electrons. The average Bonchev–Trinajstić information content (AvgIpc) is 2.68. The quantitative estimate of drug-likeness (QED) is 0.690. The van der Waals surface area contributed by atoms with Crippen LogP contribution in [-0.2, 0) is 4.79 Å². The van der Waals surface area contributed by atoms with E-state index in [1.807, 2.05) is 20.8 Å². The Morgan fingerprint density at radius 2 is 2.06 bits per heavy atom. The van der Waals surface area contributed by atoms with Gasteiger partial charge in [0, 0.05) is 19.5 Å². The molecule has 0 radical (unpaired) electrons. The number of hydrogen-bond donors (Lipinski definition) is 3. The van der Waals surface area contributed by atoms with Crippen molar-refractivity contribution >= 4 is 12.0 Å². The second-order valence-corrected chi connectivity index (χ2v) is 5.57. The molecule has 2 atom stereocenters. The van der Waals surface area contributed by atoms with E-state index in [0.29, 0.717) is 6.54 Å². The van der Waals surface area contributed by atoms with Crippen LogP contribution < -0.4 is 5.32 Å². The number of nitrogens with zero attached hydrogens (tertiary/aromatic N) is 1. The molecule has 6 nitrogen and oxygen atoms in total. The lowest BCUT2D eigenvalue weighted by molar-refractivity contribution is -0.141. The van der Waals surface area contributed by atoms with Gasteiger partial charge in [-0.15, -0.1) is 0 Å². The van der Waals surface area contributed by atoms with Gasteiger partial charge in [0.2, 0.25) is 0 Å². The highest BCUT2D eigenvalue weighted by molar-refractivity contribution is 5.83.